The molecule has 1 N–H and O–H groups in total. The van der Waals surface area contributed by atoms with E-state index in [0.717, 1.165) is 31.7 Å². The number of ether oxygens (including phenoxy) is 1. The minimum absolute atomic E-state index is 0.00863. The van der Waals surface area contributed by atoms with Crippen LogP contribution in [-0.2, 0) is 4.74 Å². The number of ketones is 1. The van der Waals surface area contributed by atoms with Gasteiger partial charge in [0.05, 0.1) is 18.0 Å². The Kier molecular flexibility index (Phi) is 3.51. The first-order valence-corrected chi connectivity index (χ1v) is 5.58. The van der Waals surface area contributed by atoms with Crippen LogP contribution in [0.3, 0.4) is 0 Å². The number of carbonyl (C=O) groups is 1. The molecule has 1 saturated heterocycles. The van der Waals surface area contributed by atoms with Crippen molar-refractivity contribution in [3.8, 4) is 0 Å². The van der Waals surface area contributed by atoms with E-state index in [9.17, 15) is 4.79 Å². The highest BCUT2D eigenvalue weighted by Crippen LogP contribution is 2.13. The van der Waals surface area contributed by atoms with E-state index in [-0.39, 0.29) is 5.78 Å². The van der Waals surface area contributed by atoms with Crippen LogP contribution in [0.15, 0.2) is 18.3 Å². The number of Topliss-reactive ketones (excluding diaryl/α,β-unsaturated/α-hetero) is 1. The van der Waals surface area contributed by atoms with Crippen LogP contribution < -0.4 is 5.32 Å². The molecule has 4 nitrogen and oxygen atoms in total. The van der Waals surface area contributed by atoms with E-state index in [2.05, 4.69) is 10.3 Å². The average Bonchev–Trinajstić information content (AvgIpc) is 2.80. The molecule has 2 rings (SSSR count). The first-order valence-electron chi connectivity index (χ1n) is 5.58. The zero-order chi connectivity index (χ0) is 11.4. The first kappa shape index (κ1) is 11.1. The molecule has 86 valence electrons. The van der Waals surface area contributed by atoms with Crippen LogP contribution in [0, 0.1) is 0 Å². The van der Waals surface area contributed by atoms with Crippen LogP contribution >= 0.6 is 0 Å². The molecule has 0 aromatic carbocycles. The van der Waals surface area contributed by atoms with Gasteiger partial charge >= 0.3 is 0 Å². The lowest BCUT2D eigenvalue weighted by Gasteiger charge is -2.11. The third kappa shape index (κ3) is 2.79. The van der Waals surface area contributed by atoms with Crippen LogP contribution in [0.2, 0.25) is 0 Å². The third-order valence-electron chi connectivity index (χ3n) is 2.68. The molecule has 4 heteroatoms. The van der Waals surface area contributed by atoms with Crippen molar-refractivity contribution in [1.82, 2.24) is 4.98 Å². The van der Waals surface area contributed by atoms with Gasteiger partial charge < -0.3 is 10.1 Å². The number of nitrogens with one attached hydrogen (secondary N) is 1. The second-order valence-electron chi connectivity index (χ2n) is 4.00. The van der Waals surface area contributed by atoms with Crippen LogP contribution in [0.4, 0.5) is 5.69 Å². The van der Waals surface area contributed by atoms with E-state index in [1.165, 1.54) is 6.92 Å². The standard InChI is InChI=1S/C12H16N2O2/c1-9(15)12-5-4-10(7-14-12)13-8-11-3-2-6-16-11/h4-5,7,11,13H,2-3,6,8H2,1H3. The Balaban J connectivity index is 1.87. The maximum absolute atomic E-state index is 11.0. The van der Waals surface area contributed by atoms with E-state index in [4.69, 9.17) is 4.74 Å². The predicted molar refractivity (Wildman–Crippen MR) is 61.7 cm³/mol. The summed E-state index contributed by atoms with van der Waals surface area (Å²) < 4.78 is 5.50. The summed E-state index contributed by atoms with van der Waals surface area (Å²) >= 11 is 0. The molecular formula is C12H16N2O2. The molecule has 1 aliphatic rings. The number of hydrogen-bond donors (Lipinski definition) is 1. The van der Waals surface area contributed by atoms with Gasteiger partial charge in [0, 0.05) is 20.1 Å². The van der Waals surface area contributed by atoms with Gasteiger partial charge in [-0.05, 0) is 25.0 Å². The molecule has 0 amide bonds. The summed E-state index contributed by atoms with van der Waals surface area (Å²) in [5.74, 6) is -0.00863. The fourth-order valence-corrected chi connectivity index (χ4v) is 1.74. The number of anilines is 1. The Hall–Kier alpha value is -1.42. The van der Waals surface area contributed by atoms with E-state index in [1.807, 2.05) is 6.07 Å². The number of aromatic nitrogens is 1. The van der Waals surface area contributed by atoms with Crippen LogP contribution in [-0.4, -0.2) is 30.0 Å². The fourth-order valence-electron chi connectivity index (χ4n) is 1.74. The average molecular weight is 220 g/mol. The van der Waals surface area contributed by atoms with E-state index in [1.54, 1.807) is 12.3 Å². The van der Waals surface area contributed by atoms with Gasteiger partial charge in [-0.15, -0.1) is 0 Å². The first-order chi connectivity index (χ1) is 7.75. The highest BCUT2D eigenvalue weighted by molar-refractivity contribution is 5.92. The van der Waals surface area contributed by atoms with Gasteiger partial charge in [-0.1, -0.05) is 0 Å². The summed E-state index contributed by atoms with van der Waals surface area (Å²) in [5, 5.41) is 3.25. The third-order valence-corrected chi connectivity index (χ3v) is 2.68. The molecule has 0 bridgehead atoms. The quantitative estimate of drug-likeness (QED) is 0.787. The SMILES string of the molecule is CC(=O)c1ccc(NCC2CCCO2)cn1. The van der Waals surface area contributed by atoms with Gasteiger partial charge in [0.1, 0.15) is 5.69 Å². The summed E-state index contributed by atoms with van der Waals surface area (Å²) in [6, 6.07) is 3.61. The maximum atomic E-state index is 11.0. The molecule has 0 radical (unpaired) electrons. The zero-order valence-corrected chi connectivity index (χ0v) is 9.40. The summed E-state index contributed by atoms with van der Waals surface area (Å²) in [4.78, 5) is 15.1. The van der Waals surface area contributed by atoms with Crippen molar-refractivity contribution in [2.45, 2.75) is 25.9 Å². The van der Waals surface area contributed by atoms with Gasteiger partial charge in [-0.3, -0.25) is 9.78 Å². The van der Waals surface area contributed by atoms with Crippen molar-refractivity contribution < 1.29 is 9.53 Å². The normalized spacial score (nSPS) is 19.7. The Morgan fingerprint density at radius 1 is 1.62 bits per heavy atom. The van der Waals surface area contributed by atoms with E-state index >= 15 is 0 Å². The van der Waals surface area contributed by atoms with Crippen molar-refractivity contribution in [3.05, 3.63) is 24.0 Å². The lowest BCUT2D eigenvalue weighted by atomic mass is 10.2. The Bertz CT molecular complexity index is 356. The summed E-state index contributed by atoms with van der Waals surface area (Å²) in [5.41, 5.74) is 1.43. The lowest BCUT2D eigenvalue weighted by molar-refractivity contribution is 0.101. The highest BCUT2D eigenvalue weighted by atomic mass is 16.5. The van der Waals surface area contributed by atoms with Crippen LogP contribution in [0.5, 0.6) is 0 Å². The van der Waals surface area contributed by atoms with E-state index in [0.29, 0.717) is 11.8 Å². The topological polar surface area (TPSA) is 51.2 Å². The molecule has 1 unspecified atom stereocenters. The highest BCUT2D eigenvalue weighted by Gasteiger charge is 2.14. The number of carbonyl (C=O) groups excluding carboxylic acids is 1. The summed E-state index contributed by atoms with van der Waals surface area (Å²) in [6.45, 7) is 3.19. The number of nitrogens with zero attached hydrogens (tertiary/aromatic N) is 1. The van der Waals surface area contributed by atoms with Crippen molar-refractivity contribution in [1.29, 1.82) is 0 Å². The molecule has 1 atom stereocenters. The summed E-state index contributed by atoms with van der Waals surface area (Å²) in [7, 11) is 0. The zero-order valence-electron chi connectivity index (χ0n) is 9.40. The molecular weight excluding hydrogens is 204 g/mol. The maximum Gasteiger partial charge on any atom is 0.178 e. The van der Waals surface area contributed by atoms with Crippen molar-refractivity contribution in [2.24, 2.45) is 0 Å². The molecule has 1 fully saturated rings. The monoisotopic (exact) mass is 220 g/mol. The number of rotatable bonds is 4. The molecule has 0 aliphatic carbocycles. The Morgan fingerprint density at radius 3 is 3.06 bits per heavy atom. The Morgan fingerprint density at radius 2 is 2.50 bits per heavy atom. The molecule has 1 aromatic heterocycles. The molecule has 0 saturated carbocycles. The number of hydrogen-bond acceptors (Lipinski definition) is 4. The fraction of sp³-hybridized carbons (Fsp3) is 0.500. The van der Waals surface area contributed by atoms with Gasteiger partial charge in [0.2, 0.25) is 0 Å². The van der Waals surface area contributed by atoms with Gasteiger partial charge in [-0.25, -0.2) is 0 Å². The van der Waals surface area contributed by atoms with Crippen LogP contribution in [0.25, 0.3) is 0 Å². The van der Waals surface area contributed by atoms with Gasteiger partial charge in [0.25, 0.3) is 0 Å². The lowest BCUT2D eigenvalue weighted by Crippen LogP contribution is -2.18. The molecule has 0 spiro atoms. The van der Waals surface area contributed by atoms with Crippen molar-refractivity contribution in [3.63, 3.8) is 0 Å². The van der Waals surface area contributed by atoms with Crippen LogP contribution in [0.1, 0.15) is 30.3 Å². The minimum atomic E-state index is -0.00863. The Labute approximate surface area is 95.0 Å². The predicted octanol–water partition coefficient (Wildman–Crippen LogP) is 1.88. The molecule has 2 heterocycles. The van der Waals surface area contributed by atoms with Gasteiger partial charge in [-0.2, -0.15) is 0 Å². The molecule has 1 aromatic rings. The van der Waals surface area contributed by atoms with Crippen molar-refractivity contribution >= 4 is 11.5 Å². The second-order valence-corrected chi connectivity index (χ2v) is 4.00. The second kappa shape index (κ2) is 5.07. The molecule has 1 aliphatic heterocycles. The number of pyridine rings is 1. The molecule has 16 heavy (non-hydrogen) atoms. The van der Waals surface area contributed by atoms with Crippen molar-refractivity contribution in [2.75, 3.05) is 18.5 Å². The smallest absolute Gasteiger partial charge is 0.178 e. The van der Waals surface area contributed by atoms with E-state index < -0.39 is 0 Å². The van der Waals surface area contributed by atoms with Gasteiger partial charge in [0.15, 0.2) is 5.78 Å². The summed E-state index contributed by atoms with van der Waals surface area (Å²) in [6.07, 6.45) is 4.26. The largest absolute Gasteiger partial charge is 0.381 e. The minimum Gasteiger partial charge on any atom is -0.381 e.